The van der Waals surface area contributed by atoms with Crippen LogP contribution >= 0.6 is 11.3 Å². The van der Waals surface area contributed by atoms with Crippen LogP contribution in [0.25, 0.3) is 0 Å². The van der Waals surface area contributed by atoms with Gasteiger partial charge in [0.2, 0.25) is 0 Å². The molecule has 1 aromatic heterocycles. The largest absolute Gasteiger partial charge is 0.465 e. The zero-order valence-electron chi connectivity index (χ0n) is 15.7. The van der Waals surface area contributed by atoms with Gasteiger partial charge < -0.3 is 15.0 Å². The van der Waals surface area contributed by atoms with E-state index in [0.717, 1.165) is 49.6 Å². The molecule has 3 rings (SSSR count). The highest BCUT2D eigenvalue weighted by atomic mass is 32.1. The van der Waals surface area contributed by atoms with Gasteiger partial charge in [0.25, 0.3) is 5.91 Å². The second-order valence-corrected chi connectivity index (χ2v) is 7.82. The van der Waals surface area contributed by atoms with Gasteiger partial charge in [-0.25, -0.2) is 4.79 Å². The number of rotatable bonds is 6. The number of piperazine rings is 1. The normalized spacial score (nSPS) is 15.5. The first-order valence-corrected chi connectivity index (χ1v) is 9.82. The van der Waals surface area contributed by atoms with Crippen LogP contribution in [0.5, 0.6) is 0 Å². The maximum absolute atomic E-state index is 12.2. The standard InChI is InChI=1S/C20H25N3O3S/c1-22-9-11-23(12-10-22)14-16-5-3-15(4-6-16)13-21-19(24)17-7-8-18(27-17)20(25)26-2/h3-8H,9-14H2,1-2H3,(H,21,24). The van der Waals surface area contributed by atoms with Crippen LogP contribution in [0, 0.1) is 0 Å². The molecule has 0 spiro atoms. The lowest BCUT2D eigenvalue weighted by Crippen LogP contribution is -2.43. The summed E-state index contributed by atoms with van der Waals surface area (Å²) in [7, 11) is 3.49. The number of thiophene rings is 1. The van der Waals surface area contributed by atoms with E-state index in [1.165, 1.54) is 12.7 Å². The predicted molar refractivity (Wildman–Crippen MR) is 106 cm³/mol. The van der Waals surface area contributed by atoms with Crippen molar-refractivity contribution in [2.24, 2.45) is 0 Å². The van der Waals surface area contributed by atoms with Crippen molar-refractivity contribution in [2.45, 2.75) is 13.1 Å². The third kappa shape index (κ3) is 5.38. The fourth-order valence-corrected chi connectivity index (χ4v) is 3.81. The fourth-order valence-electron chi connectivity index (χ4n) is 2.97. The summed E-state index contributed by atoms with van der Waals surface area (Å²) in [5.41, 5.74) is 2.34. The van der Waals surface area contributed by atoms with Crippen molar-refractivity contribution in [3.8, 4) is 0 Å². The summed E-state index contributed by atoms with van der Waals surface area (Å²) in [4.78, 5) is 29.4. The molecule has 1 fully saturated rings. The van der Waals surface area contributed by atoms with Gasteiger partial charge in [0, 0.05) is 39.3 Å². The third-order valence-corrected chi connectivity index (χ3v) is 5.76. The molecule has 27 heavy (non-hydrogen) atoms. The second-order valence-electron chi connectivity index (χ2n) is 6.73. The molecule has 1 aliphatic rings. The Morgan fingerprint density at radius 3 is 2.30 bits per heavy atom. The Morgan fingerprint density at radius 1 is 1.00 bits per heavy atom. The van der Waals surface area contributed by atoms with Crippen LogP contribution in [0.1, 0.15) is 30.5 Å². The monoisotopic (exact) mass is 387 g/mol. The molecular weight excluding hydrogens is 362 g/mol. The minimum Gasteiger partial charge on any atom is -0.465 e. The Hall–Kier alpha value is -2.22. The third-order valence-electron chi connectivity index (χ3n) is 4.69. The molecule has 2 heterocycles. The van der Waals surface area contributed by atoms with E-state index in [0.29, 0.717) is 16.3 Å². The van der Waals surface area contributed by atoms with Crippen LogP contribution in [-0.2, 0) is 17.8 Å². The molecule has 7 heteroatoms. The number of amides is 1. The van der Waals surface area contributed by atoms with E-state index in [4.69, 9.17) is 0 Å². The Labute approximate surface area is 163 Å². The molecule has 1 aliphatic heterocycles. The van der Waals surface area contributed by atoms with Gasteiger partial charge in [-0.2, -0.15) is 0 Å². The number of carbonyl (C=O) groups is 2. The van der Waals surface area contributed by atoms with Gasteiger partial charge >= 0.3 is 5.97 Å². The van der Waals surface area contributed by atoms with Gasteiger partial charge in [-0.05, 0) is 30.3 Å². The lowest BCUT2D eigenvalue weighted by molar-refractivity contribution is 0.0606. The number of hydrogen-bond donors (Lipinski definition) is 1. The number of carbonyl (C=O) groups excluding carboxylic acids is 2. The Kier molecular flexibility index (Phi) is 6.60. The number of benzene rings is 1. The molecule has 0 radical (unpaired) electrons. The highest BCUT2D eigenvalue weighted by Gasteiger charge is 2.15. The molecule has 0 aliphatic carbocycles. The molecule has 0 atom stereocenters. The number of hydrogen-bond acceptors (Lipinski definition) is 6. The molecule has 1 amide bonds. The average Bonchev–Trinajstić information content (AvgIpc) is 3.19. The minimum atomic E-state index is -0.421. The lowest BCUT2D eigenvalue weighted by Gasteiger charge is -2.32. The predicted octanol–water partition coefficient (Wildman–Crippen LogP) is 2.21. The first kappa shape index (κ1) is 19.5. The maximum Gasteiger partial charge on any atom is 0.348 e. The van der Waals surface area contributed by atoms with Crippen molar-refractivity contribution in [1.82, 2.24) is 15.1 Å². The zero-order chi connectivity index (χ0) is 19.2. The second kappa shape index (κ2) is 9.12. The van der Waals surface area contributed by atoms with E-state index < -0.39 is 5.97 Å². The van der Waals surface area contributed by atoms with Gasteiger partial charge in [0.15, 0.2) is 0 Å². The summed E-state index contributed by atoms with van der Waals surface area (Å²) >= 11 is 1.14. The Morgan fingerprint density at radius 2 is 1.63 bits per heavy atom. The van der Waals surface area contributed by atoms with E-state index in [-0.39, 0.29) is 5.91 Å². The van der Waals surface area contributed by atoms with Gasteiger partial charge in [-0.1, -0.05) is 24.3 Å². The van der Waals surface area contributed by atoms with Gasteiger partial charge in [0.05, 0.1) is 12.0 Å². The van der Waals surface area contributed by atoms with E-state index in [2.05, 4.69) is 51.2 Å². The smallest absolute Gasteiger partial charge is 0.348 e. The number of ether oxygens (including phenoxy) is 1. The van der Waals surface area contributed by atoms with Crippen molar-refractivity contribution in [1.29, 1.82) is 0 Å². The molecule has 144 valence electrons. The maximum atomic E-state index is 12.2. The van der Waals surface area contributed by atoms with Crippen LogP contribution in [0.15, 0.2) is 36.4 Å². The molecule has 1 saturated heterocycles. The van der Waals surface area contributed by atoms with E-state index in [1.807, 2.05) is 0 Å². The van der Waals surface area contributed by atoms with Crippen molar-refractivity contribution in [3.05, 3.63) is 57.3 Å². The van der Waals surface area contributed by atoms with Gasteiger partial charge in [-0.3, -0.25) is 9.69 Å². The first-order chi connectivity index (χ1) is 13.0. The topological polar surface area (TPSA) is 61.9 Å². The average molecular weight is 388 g/mol. The summed E-state index contributed by atoms with van der Waals surface area (Å²) in [5.74, 6) is -0.605. The van der Waals surface area contributed by atoms with Crippen LogP contribution in [0.2, 0.25) is 0 Å². The molecule has 2 aromatic rings. The van der Waals surface area contributed by atoms with Crippen LogP contribution in [0.3, 0.4) is 0 Å². The van der Waals surface area contributed by atoms with Gasteiger partial charge in [-0.15, -0.1) is 11.3 Å². The van der Waals surface area contributed by atoms with Crippen molar-refractivity contribution in [2.75, 3.05) is 40.3 Å². The van der Waals surface area contributed by atoms with Gasteiger partial charge in [0.1, 0.15) is 4.88 Å². The number of likely N-dealkylation sites (N-methyl/N-ethyl adjacent to an activating group) is 1. The fraction of sp³-hybridized carbons (Fsp3) is 0.400. The van der Waals surface area contributed by atoms with Crippen LogP contribution in [-0.4, -0.2) is 62.0 Å². The minimum absolute atomic E-state index is 0.184. The van der Waals surface area contributed by atoms with Crippen molar-refractivity contribution >= 4 is 23.2 Å². The molecule has 1 N–H and O–H groups in total. The molecule has 6 nitrogen and oxygen atoms in total. The summed E-state index contributed by atoms with van der Waals surface area (Å²) in [6.45, 7) is 5.85. The molecular formula is C20H25N3O3S. The van der Waals surface area contributed by atoms with Crippen LogP contribution < -0.4 is 5.32 Å². The Balaban J connectivity index is 1.49. The van der Waals surface area contributed by atoms with E-state index in [1.54, 1.807) is 12.1 Å². The van der Waals surface area contributed by atoms with Crippen molar-refractivity contribution in [3.63, 3.8) is 0 Å². The molecule has 1 aromatic carbocycles. The number of methoxy groups -OCH3 is 1. The summed E-state index contributed by atoms with van der Waals surface area (Å²) < 4.78 is 4.66. The highest BCUT2D eigenvalue weighted by molar-refractivity contribution is 7.15. The van der Waals surface area contributed by atoms with E-state index >= 15 is 0 Å². The van der Waals surface area contributed by atoms with E-state index in [9.17, 15) is 9.59 Å². The summed E-state index contributed by atoms with van der Waals surface area (Å²) in [5, 5.41) is 2.89. The lowest BCUT2D eigenvalue weighted by atomic mass is 10.1. The first-order valence-electron chi connectivity index (χ1n) is 9.00. The van der Waals surface area contributed by atoms with Crippen LogP contribution in [0.4, 0.5) is 0 Å². The highest BCUT2D eigenvalue weighted by Crippen LogP contribution is 2.17. The molecule has 0 unspecified atom stereocenters. The molecule has 0 saturated carbocycles. The quantitative estimate of drug-likeness (QED) is 0.770. The number of esters is 1. The van der Waals surface area contributed by atoms with Crippen molar-refractivity contribution < 1.29 is 14.3 Å². The Bertz CT molecular complexity index is 780. The number of nitrogens with zero attached hydrogens (tertiary/aromatic N) is 2. The summed E-state index contributed by atoms with van der Waals surface area (Å²) in [6.07, 6.45) is 0. The molecule has 0 bridgehead atoms. The zero-order valence-corrected chi connectivity index (χ0v) is 16.6. The number of nitrogens with one attached hydrogen (secondary N) is 1. The summed E-state index contributed by atoms with van der Waals surface area (Å²) in [6, 6.07) is 11.6. The SMILES string of the molecule is COC(=O)c1ccc(C(=O)NCc2ccc(CN3CCN(C)CC3)cc2)s1.